The van der Waals surface area contributed by atoms with Crippen LogP contribution in [0.1, 0.15) is 168 Å². The van der Waals surface area contributed by atoms with Crippen LogP contribution in [0, 0.1) is 0 Å². The molecule has 4 N–H and O–H groups in total. The summed E-state index contributed by atoms with van der Waals surface area (Å²) in [5.41, 5.74) is 5.31. The molecule has 0 aliphatic heterocycles. The Balaban J connectivity index is 4.46. The molecule has 0 aromatic rings. The Labute approximate surface area is 290 Å². The number of aliphatic carboxylic acids is 1. The highest BCUT2D eigenvalue weighted by atomic mass is 31.2. The summed E-state index contributed by atoms with van der Waals surface area (Å²) in [6, 6.07) is -1.52. The number of esters is 2. The highest BCUT2D eigenvalue weighted by molar-refractivity contribution is 7.47. The summed E-state index contributed by atoms with van der Waals surface area (Å²) in [5.74, 6) is -2.39. The number of allylic oxidation sites excluding steroid dienone is 2. The molecule has 0 aliphatic carbocycles. The van der Waals surface area contributed by atoms with E-state index >= 15 is 0 Å². The fourth-order valence-electron chi connectivity index (χ4n) is 5.00. The standard InChI is InChI=1S/C36H68NO10P/c1-3-5-7-9-11-13-15-16-17-18-20-22-24-26-28-35(39)47-32(30-45-48(42,43)46-31-33(37)36(40)41)29-44-34(38)27-25-23-21-19-14-12-10-8-6-4-2/h15-16,32-33H,3-14,17-31,37H2,1-2H3,(H,40,41)(H,42,43)/b16-15+/t32-,33+/m1/s1. The molecule has 0 heterocycles. The molecule has 48 heavy (non-hydrogen) atoms. The second-order valence-electron chi connectivity index (χ2n) is 12.7. The monoisotopic (exact) mass is 705 g/mol. The van der Waals surface area contributed by atoms with Gasteiger partial charge in [0.25, 0.3) is 0 Å². The molecule has 0 amide bonds. The third-order valence-electron chi connectivity index (χ3n) is 8.01. The number of nitrogens with two attached hydrogens (primary N) is 1. The number of ether oxygens (including phenoxy) is 2. The third-order valence-corrected chi connectivity index (χ3v) is 8.96. The molecule has 3 atom stereocenters. The van der Waals surface area contributed by atoms with Gasteiger partial charge in [-0.1, -0.05) is 129 Å². The number of unbranched alkanes of at least 4 members (excludes halogenated alkanes) is 19. The van der Waals surface area contributed by atoms with Gasteiger partial charge in [-0.2, -0.15) is 0 Å². The van der Waals surface area contributed by atoms with E-state index in [9.17, 15) is 23.8 Å². The molecule has 1 unspecified atom stereocenters. The van der Waals surface area contributed by atoms with Crippen LogP contribution in [0.4, 0.5) is 0 Å². The number of phosphoric acid groups is 1. The number of carboxylic acids is 1. The van der Waals surface area contributed by atoms with Gasteiger partial charge in [-0.25, -0.2) is 4.57 Å². The van der Waals surface area contributed by atoms with Crippen LogP contribution in [0.5, 0.6) is 0 Å². The Bertz CT molecular complexity index is 885. The SMILES string of the molecule is CCCCCCC/C=C/CCCCCCCC(=O)O[C@H](COC(=O)CCCCCCCCCCCC)COP(=O)(O)OC[C@H](N)C(=O)O. The van der Waals surface area contributed by atoms with Crippen molar-refractivity contribution in [2.24, 2.45) is 5.73 Å². The number of phosphoric ester groups is 1. The summed E-state index contributed by atoms with van der Waals surface area (Å²) in [6.07, 6.45) is 28.6. The molecule has 0 bridgehead atoms. The maximum absolute atomic E-state index is 12.5. The molecule has 0 saturated carbocycles. The predicted molar refractivity (Wildman–Crippen MR) is 189 cm³/mol. The van der Waals surface area contributed by atoms with E-state index in [2.05, 4.69) is 30.5 Å². The number of rotatable bonds is 35. The Morgan fingerprint density at radius 2 is 1.04 bits per heavy atom. The maximum Gasteiger partial charge on any atom is 0.472 e. The van der Waals surface area contributed by atoms with Crippen LogP contribution in [0.15, 0.2) is 12.2 Å². The van der Waals surface area contributed by atoms with Crippen molar-refractivity contribution >= 4 is 25.7 Å². The van der Waals surface area contributed by atoms with Crippen molar-refractivity contribution in [2.45, 2.75) is 180 Å². The predicted octanol–water partition coefficient (Wildman–Crippen LogP) is 8.95. The normalized spacial score (nSPS) is 14.1. The Morgan fingerprint density at radius 1 is 0.625 bits per heavy atom. The molecule has 282 valence electrons. The van der Waals surface area contributed by atoms with Gasteiger partial charge in [-0.05, 0) is 38.5 Å². The lowest BCUT2D eigenvalue weighted by Crippen LogP contribution is -2.34. The van der Waals surface area contributed by atoms with E-state index in [-0.39, 0.29) is 19.4 Å². The first-order valence-electron chi connectivity index (χ1n) is 18.7. The number of hydrogen-bond donors (Lipinski definition) is 3. The van der Waals surface area contributed by atoms with Crippen molar-refractivity contribution in [1.82, 2.24) is 0 Å². The lowest BCUT2D eigenvalue weighted by atomic mass is 10.1. The van der Waals surface area contributed by atoms with E-state index in [1.54, 1.807) is 0 Å². The van der Waals surface area contributed by atoms with Crippen molar-refractivity contribution in [3.63, 3.8) is 0 Å². The molecule has 0 radical (unpaired) electrons. The second-order valence-corrected chi connectivity index (χ2v) is 14.2. The quantitative estimate of drug-likeness (QED) is 0.0249. The highest BCUT2D eigenvalue weighted by Crippen LogP contribution is 2.43. The van der Waals surface area contributed by atoms with Gasteiger partial charge >= 0.3 is 25.7 Å². The number of carboxylic acid groups (broad SMARTS) is 1. The zero-order valence-corrected chi connectivity index (χ0v) is 31.0. The minimum absolute atomic E-state index is 0.154. The van der Waals surface area contributed by atoms with E-state index in [1.165, 1.54) is 70.6 Å². The average molecular weight is 706 g/mol. The van der Waals surface area contributed by atoms with Crippen LogP contribution in [0.2, 0.25) is 0 Å². The van der Waals surface area contributed by atoms with Gasteiger partial charge in [0, 0.05) is 12.8 Å². The molecule has 0 spiro atoms. The molecule has 0 aromatic carbocycles. The van der Waals surface area contributed by atoms with Crippen LogP contribution in [0.3, 0.4) is 0 Å². The first-order valence-corrected chi connectivity index (χ1v) is 20.2. The minimum Gasteiger partial charge on any atom is -0.480 e. The summed E-state index contributed by atoms with van der Waals surface area (Å²) in [5, 5.41) is 8.84. The van der Waals surface area contributed by atoms with E-state index in [1.807, 2.05) is 0 Å². The Kier molecular flexibility index (Phi) is 31.2. The smallest absolute Gasteiger partial charge is 0.472 e. The summed E-state index contributed by atoms with van der Waals surface area (Å²) in [7, 11) is -4.70. The summed E-state index contributed by atoms with van der Waals surface area (Å²) in [6.45, 7) is 2.75. The van der Waals surface area contributed by atoms with E-state index in [4.69, 9.17) is 24.8 Å². The van der Waals surface area contributed by atoms with E-state index in [0.717, 1.165) is 57.8 Å². The highest BCUT2D eigenvalue weighted by Gasteiger charge is 2.28. The number of carbonyl (C=O) groups is 3. The van der Waals surface area contributed by atoms with Crippen molar-refractivity contribution < 1.29 is 47.5 Å². The van der Waals surface area contributed by atoms with Gasteiger partial charge in [0.05, 0.1) is 13.2 Å². The summed E-state index contributed by atoms with van der Waals surface area (Å²) in [4.78, 5) is 45.6. The lowest BCUT2D eigenvalue weighted by molar-refractivity contribution is -0.161. The van der Waals surface area contributed by atoms with Gasteiger partial charge in [-0.15, -0.1) is 0 Å². The van der Waals surface area contributed by atoms with E-state index < -0.39 is 51.1 Å². The van der Waals surface area contributed by atoms with Crippen LogP contribution in [-0.2, 0) is 37.5 Å². The molecule has 12 heteroatoms. The number of carbonyl (C=O) groups excluding carboxylic acids is 2. The van der Waals surface area contributed by atoms with Crippen LogP contribution in [0.25, 0.3) is 0 Å². The van der Waals surface area contributed by atoms with Gasteiger partial charge in [0.15, 0.2) is 6.10 Å². The molecule has 0 saturated heterocycles. The fourth-order valence-corrected chi connectivity index (χ4v) is 5.78. The zero-order valence-electron chi connectivity index (χ0n) is 30.1. The Morgan fingerprint density at radius 3 is 1.52 bits per heavy atom. The summed E-state index contributed by atoms with van der Waals surface area (Å²) < 4.78 is 32.5. The number of hydrogen-bond acceptors (Lipinski definition) is 9. The minimum atomic E-state index is -4.70. The van der Waals surface area contributed by atoms with Crippen molar-refractivity contribution in [3.8, 4) is 0 Å². The first-order chi connectivity index (χ1) is 23.1. The summed E-state index contributed by atoms with van der Waals surface area (Å²) >= 11 is 0. The van der Waals surface area contributed by atoms with Gasteiger partial charge in [0.2, 0.25) is 0 Å². The zero-order chi connectivity index (χ0) is 35.7. The van der Waals surface area contributed by atoms with Gasteiger partial charge in [0.1, 0.15) is 12.6 Å². The van der Waals surface area contributed by atoms with E-state index in [0.29, 0.717) is 12.8 Å². The van der Waals surface area contributed by atoms with Crippen molar-refractivity contribution in [2.75, 3.05) is 19.8 Å². The van der Waals surface area contributed by atoms with Gasteiger partial charge < -0.3 is 25.2 Å². The molecule has 11 nitrogen and oxygen atoms in total. The fraction of sp³-hybridized carbons (Fsp3) is 0.861. The molecular weight excluding hydrogens is 637 g/mol. The molecule has 0 rings (SSSR count). The molecule has 0 fully saturated rings. The maximum atomic E-state index is 12.5. The van der Waals surface area contributed by atoms with Crippen LogP contribution < -0.4 is 5.73 Å². The van der Waals surface area contributed by atoms with Crippen molar-refractivity contribution in [3.05, 3.63) is 12.2 Å². The topological polar surface area (TPSA) is 172 Å². The largest absolute Gasteiger partial charge is 0.480 e. The van der Waals surface area contributed by atoms with Crippen LogP contribution in [-0.4, -0.2) is 59.9 Å². The average Bonchev–Trinajstić information content (AvgIpc) is 3.05. The Hall–Kier alpha value is -1.78. The third kappa shape index (κ3) is 31.5. The molecular formula is C36H68NO10P. The van der Waals surface area contributed by atoms with Crippen LogP contribution >= 0.6 is 7.82 Å². The first kappa shape index (κ1) is 46.2. The van der Waals surface area contributed by atoms with Gasteiger partial charge in [-0.3, -0.25) is 23.4 Å². The lowest BCUT2D eigenvalue weighted by Gasteiger charge is -2.20. The molecule has 0 aliphatic rings. The molecule has 0 aromatic heterocycles. The van der Waals surface area contributed by atoms with Crippen molar-refractivity contribution in [1.29, 1.82) is 0 Å². The second kappa shape index (κ2) is 32.4.